The predicted molar refractivity (Wildman–Crippen MR) is 122 cm³/mol. The van der Waals surface area contributed by atoms with Gasteiger partial charge in [-0.2, -0.15) is 0 Å². The zero-order valence-electron chi connectivity index (χ0n) is 17.6. The van der Waals surface area contributed by atoms with Crippen molar-refractivity contribution in [3.63, 3.8) is 0 Å². The number of anilines is 1. The fraction of sp³-hybridized carbons (Fsp3) is 0.333. The van der Waals surface area contributed by atoms with Crippen molar-refractivity contribution in [3.05, 3.63) is 77.9 Å². The highest BCUT2D eigenvalue weighted by Crippen LogP contribution is 2.37. The molecule has 156 valence electrons. The van der Waals surface area contributed by atoms with Gasteiger partial charge in [0.25, 0.3) is 0 Å². The van der Waals surface area contributed by atoms with Crippen LogP contribution >= 0.6 is 0 Å². The molecule has 1 N–H and O–H groups in total. The van der Waals surface area contributed by atoms with Crippen molar-refractivity contribution in [2.45, 2.75) is 51.4 Å². The Morgan fingerprint density at radius 2 is 1.33 bits per heavy atom. The van der Waals surface area contributed by atoms with E-state index in [0.717, 1.165) is 55.5 Å². The lowest BCUT2D eigenvalue weighted by Crippen LogP contribution is -2.08. The van der Waals surface area contributed by atoms with Gasteiger partial charge in [0, 0.05) is 17.8 Å². The van der Waals surface area contributed by atoms with Gasteiger partial charge >= 0.3 is 0 Å². The Hall–Kier alpha value is -2.68. The fourth-order valence-electron chi connectivity index (χ4n) is 4.41. The highest BCUT2D eigenvalue weighted by atomic mass is 19.2. The molecule has 0 radical (unpaired) electrons. The third-order valence-electron chi connectivity index (χ3n) is 6.15. The smallest absolute Gasteiger partial charge is 0.166 e. The molecule has 1 saturated carbocycles. The van der Waals surface area contributed by atoms with E-state index in [2.05, 4.69) is 36.5 Å². The molecule has 0 saturated heterocycles. The summed E-state index contributed by atoms with van der Waals surface area (Å²) < 4.78 is 29.7. The van der Waals surface area contributed by atoms with Crippen molar-refractivity contribution in [1.82, 2.24) is 0 Å². The van der Waals surface area contributed by atoms with E-state index in [-0.39, 0.29) is 5.92 Å². The minimum atomic E-state index is -0.725. The molecular formula is C27H29F2N. The Labute approximate surface area is 178 Å². The van der Waals surface area contributed by atoms with Crippen molar-refractivity contribution in [1.29, 1.82) is 0 Å². The molecule has 1 fully saturated rings. The molecule has 4 rings (SSSR count). The van der Waals surface area contributed by atoms with Crippen LogP contribution in [0.2, 0.25) is 0 Å². The van der Waals surface area contributed by atoms with E-state index in [1.54, 1.807) is 12.1 Å². The van der Waals surface area contributed by atoms with Gasteiger partial charge < -0.3 is 5.32 Å². The van der Waals surface area contributed by atoms with Crippen molar-refractivity contribution >= 4 is 5.69 Å². The van der Waals surface area contributed by atoms with E-state index in [9.17, 15) is 8.78 Å². The lowest BCUT2D eigenvalue weighted by atomic mass is 9.83. The minimum absolute atomic E-state index is 0.152. The number of halogens is 2. The van der Waals surface area contributed by atoms with Crippen LogP contribution in [0.5, 0.6) is 0 Å². The molecule has 1 nitrogen and oxygen atoms in total. The standard InChI is InChI=1S/C27H29F2N/c1-2-18-30-23-14-12-20(13-15-23)19-8-10-22(11-9-19)25-17-16-24(26(28)27(25)29)21-6-4-3-5-7-21/h8-17,21,30H,2-7,18H2,1H3. The molecule has 3 aromatic rings. The molecule has 1 aliphatic carbocycles. The number of hydrogen-bond donors (Lipinski definition) is 1. The van der Waals surface area contributed by atoms with Crippen LogP contribution in [0.25, 0.3) is 22.3 Å². The first kappa shape index (κ1) is 20.6. The lowest BCUT2D eigenvalue weighted by Gasteiger charge is -2.23. The van der Waals surface area contributed by atoms with Gasteiger partial charge in [-0.05, 0) is 59.6 Å². The van der Waals surface area contributed by atoms with Crippen molar-refractivity contribution in [3.8, 4) is 22.3 Å². The SMILES string of the molecule is CCCNc1ccc(-c2ccc(-c3ccc(C4CCCCC4)c(F)c3F)cc2)cc1. The zero-order chi connectivity index (χ0) is 20.9. The molecule has 0 unspecified atom stereocenters. The second-order valence-electron chi connectivity index (χ2n) is 8.25. The summed E-state index contributed by atoms with van der Waals surface area (Å²) in [6.07, 6.45) is 6.40. The molecule has 0 aromatic heterocycles. The van der Waals surface area contributed by atoms with Crippen LogP contribution < -0.4 is 5.32 Å². The second-order valence-corrected chi connectivity index (χ2v) is 8.25. The Kier molecular flexibility index (Phi) is 6.47. The molecule has 0 spiro atoms. The first-order valence-corrected chi connectivity index (χ1v) is 11.1. The summed E-state index contributed by atoms with van der Waals surface area (Å²) in [5.41, 5.74) is 4.84. The Balaban J connectivity index is 1.54. The maximum atomic E-state index is 14.9. The molecule has 30 heavy (non-hydrogen) atoms. The number of benzene rings is 3. The minimum Gasteiger partial charge on any atom is -0.385 e. The van der Waals surface area contributed by atoms with Gasteiger partial charge in [0.1, 0.15) is 0 Å². The highest BCUT2D eigenvalue weighted by molar-refractivity contribution is 5.72. The quantitative estimate of drug-likeness (QED) is 0.436. The average Bonchev–Trinajstić information content (AvgIpc) is 2.80. The van der Waals surface area contributed by atoms with Gasteiger partial charge in [-0.15, -0.1) is 0 Å². The van der Waals surface area contributed by atoms with Crippen molar-refractivity contribution < 1.29 is 8.78 Å². The summed E-state index contributed by atoms with van der Waals surface area (Å²) >= 11 is 0. The van der Waals surface area contributed by atoms with E-state index in [4.69, 9.17) is 0 Å². The summed E-state index contributed by atoms with van der Waals surface area (Å²) in [4.78, 5) is 0. The summed E-state index contributed by atoms with van der Waals surface area (Å²) in [7, 11) is 0. The van der Waals surface area contributed by atoms with Gasteiger partial charge in [-0.3, -0.25) is 0 Å². The van der Waals surface area contributed by atoms with Gasteiger partial charge in [0.05, 0.1) is 0 Å². The van der Waals surface area contributed by atoms with E-state index in [1.165, 1.54) is 6.42 Å². The van der Waals surface area contributed by atoms with Crippen molar-refractivity contribution in [2.24, 2.45) is 0 Å². The van der Waals surface area contributed by atoms with Gasteiger partial charge in [-0.25, -0.2) is 8.78 Å². The molecule has 0 aliphatic heterocycles. The van der Waals surface area contributed by atoms with Gasteiger partial charge in [-0.1, -0.05) is 74.7 Å². The van der Waals surface area contributed by atoms with Crippen LogP contribution in [-0.2, 0) is 0 Å². The van der Waals surface area contributed by atoms with Crippen LogP contribution in [-0.4, -0.2) is 6.54 Å². The second kappa shape index (κ2) is 9.42. The monoisotopic (exact) mass is 405 g/mol. The third kappa shape index (κ3) is 4.40. The number of nitrogens with one attached hydrogen (secondary N) is 1. The maximum absolute atomic E-state index is 14.9. The van der Waals surface area contributed by atoms with Crippen molar-refractivity contribution in [2.75, 3.05) is 11.9 Å². The summed E-state index contributed by atoms with van der Waals surface area (Å²) in [5, 5.41) is 3.37. The topological polar surface area (TPSA) is 12.0 Å². The third-order valence-corrected chi connectivity index (χ3v) is 6.15. The first-order chi connectivity index (χ1) is 14.7. The van der Waals surface area contributed by atoms with E-state index in [1.807, 2.05) is 24.3 Å². The van der Waals surface area contributed by atoms with E-state index < -0.39 is 11.6 Å². The largest absolute Gasteiger partial charge is 0.385 e. The number of rotatable bonds is 6. The molecule has 0 atom stereocenters. The van der Waals surface area contributed by atoms with Crippen LogP contribution in [0, 0.1) is 11.6 Å². The molecule has 0 bridgehead atoms. The summed E-state index contributed by atoms with van der Waals surface area (Å²) in [6.45, 7) is 3.09. The van der Waals surface area contributed by atoms with Crippen LogP contribution in [0.1, 0.15) is 56.9 Å². The lowest BCUT2D eigenvalue weighted by molar-refractivity contribution is 0.418. The maximum Gasteiger partial charge on any atom is 0.166 e. The Morgan fingerprint density at radius 3 is 1.97 bits per heavy atom. The molecule has 3 aromatic carbocycles. The molecule has 1 aliphatic rings. The van der Waals surface area contributed by atoms with Crippen LogP contribution in [0.3, 0.4) is 0 Å². The normalized spacial score (nSPS) is 14.6. The van der Waals surface area contributed by atoms with E-state index in [0.29, 0.717) is 16.7 Å². The first-order valence-electron chi connectivity index (χ1n) is 11.1. The Morgan fingerprint density at radius 1 is 0.733 bits per heavy atom. The molecule has 3 heteroatoms. The predicted octanol–water partition coefficient (Wildman–Crippen LogP) is 8.17. The number of hydrogen-bond acceptors (Lipinski definition) is 1. The summed E-state index contributed by atoms with van der Waals surface area (Å²) in [5.74, 6) is -1.24. The van der Waals surface area contributed by atoms with Gasteiger partial charge in [0.2, 0.25) is 0 Å². The van der Waals surface area contributed by atoms with Crippen LogP contribution in [0.15, 0.2) is 60.7 Å². The average molecular weight is 406 g/mol. The highest BCUT2D eigenvalue weighted by Gasteiger charge is 2.22. The van der Waals surface area contributed by atoms with Crippen LogP contribution in [0.4, 0.5) is 14.5 Å². The van der Waals surface area contributed by atoms with Gasteiger partial charge in [0.15, 0.2) is 11.6 Å². The Bertz CT molecular complexity index is 971. The molecule has 0 heterocycles. The fourth-order valence-corrected chi connectivity index (χ4v) is 4.41. The molecular weight excluding hydrogens is 376 g/mol. The molecule has 0 amide bonds. The summed E-state index contributed by atoms with van der Waals surface area (Å²) in [6, 6.07) is 19.5. The van der Waals surface area contributed by atoms with E-state index >= 15 is 0 Å². The zero-order valence-corrected chi connectivity index (χ0v) is 17.6.